The fraction of sp³-hybridized carbons (Fsp3) is 0.133. The van der Waals surface area contributed by atoms with Gasteiger partial charge in [0.25, 0.3) is 0 Å². The molecule has 1 aliphatic rings. The molecule has 0 spiro atoms. The number of benzene rings is 1. The number of amides is 1. The lowest BCUT2D eigenvalue weighted by molar-refractivity contribution is -0.126. The molecule has 2 rings (SSSR count). The molecule has 1 amide bonds. The molecule has 0 atom stereocenters. The fourth-order valence-electron chi connectivity index (χ4n) is 2.02. The van der Waals surface area contributed by atoms with E-state index in [1.54, 1.807) is 4.90 Å². The Morgan fingerprint density at radius 3 is 2.76 bits per heavy atom. The van der Waals surface area contributed by atoms with Gasteiger partial charge < -0.3 is 4.90 Å². The van der Waals surface area contributed by atoms with Crippen LogP contribution in [-0.4, -0.2) is 17.4 Å². The van der Waals surface area contributed by atoms with Crippen LogP contribution in [0.1, 0.15) is 11.1 Å². The summed E-state index contributed by atoms with van der Waals surface area (Å²) in [5.41, 5.74) is 3.38. The minimum absolute atomic E-state index is 0.0404. The van der Waals surface area contributed by atoms with E-state index in [4.69, 9.17) is 0 Å². The summed E-state index contributed by atoms with van der Waals surface area (Å²) in [4.78, 5) is 13.4. The van der Waals surface area contributed by atoms with Gasteiger partial charge >= 0.3 is 0 Å². The topological polar surface area (TPSA) is 20.3 Å². The maximum atomic E-state index is 11.7. The van der Waals surface area contributed by atoms with Crippen molar-refractivity contribution >= 4 is 11.5 Å². The Kier molecular flexibility index (Phi) is 3.24. The van der Waals surface area contributed by atoms with E-state index in [1.807, 2.05) is 30.4 Å². The molecule has 1 aliphatic heterocycles. The Morgan fingerprint density at radius 1 is 1.29 bits per heavy atom. The summed E-state index contributed by atoms with van der Waals surface area (Å²) >= 11 is 0. The first-order valence-corrected chi connectivity index (χ1v) is 5.58. The van der Waals surface area contributed by atoms with Gasteiger partial charge in [-0.1, -0.05) is 49.6 Å². The van der Waals surface area contributed by atoms with Gasteiger partial charge in [-0.15, -0.1) is 0 Å². The highest BCUT2D eigenvalue weighted by molar-refractivity contribution is 5.88. The van der Waals surface area contributed by atoms with Gasteiger partial charge in [-0.25, -0.2) is 0 Å². The monoisotopic (exact) mass is 225 g/mol. The smallest absolute Gasteiger partial charge is 0.246 e. The highest BCUT2D eigenvalue weighted by Gasteiger charge is 2.16. The molecular weight excluding hydrogens is 210 g/mol. The molecule has 0 unspecified atom stereocenters. The van der Waals surface area contributed by atoms with Crippen LogP contribution in [0.4, 0.5) is 0 Å². The molecule has 0 bridgehead atoms. The number of nitrogens with zero attached hydrogens (tertiary/aromatic N) is 1. The average Bonchev–Trinajstić information content (AvgIpc) is 2.56. The second-order valence-corrected chi connectivity index (χ2v) is 3.94. The molecule has 0 N–H and O–H groups in total. The first-order chi connectivity index (χ1) is 8.26. The molecule has 1 aromatic carbocycles. The molecule has 0 saturated carbocycles. The van der Waals surface area contributed by atoms with E-state index in [2.05, 4.69) is 19.2 Å². The normalized spacial score (nSPS) is 14.4. The zero-order valence-corrected chi connectivity index (χ0v) is 9.73. The number of carbonyl (C=O) groups is 1. The first-order valence-electron chi connectivity index (χ1n) is 5.58. The third kappa shape index (κ3) is 2.21. The average molecular weight is 225 g/mol. The van der Waals surface area contributed by atoms with E-state index in [0.29, 0.717) is 13.1 Å². The number of hydrogen-bond acceptors (Lipinski definition) is 1. The maximum absolute atomic E-state index is 11.7. The molecule has 17 heavy (non-hydrogen) atoms. The minimum Gasteiger partial charge on any atom is -0.331 e. The Bertz CT molecular complexity index is 499. The predicted molar refractivity (Wildman–Crippen MR) is 70.2 cm³/mol. The molecule has 1 aromatic rings. The third-order valence-corrected chi connectivity index (χ3v) is 2.93. The van der Waals surface area contributed by atoms with Crippen LogP contribution in [0.5, 0.6) is 0 Å². The van der Waals surface area contributed by atoms with Crippen molar-refractivity contribution in [3.8, 4) is 0 Å². The standard InChI is InChI=1S/C15H15NO/c1-3-12-9-10-16(15(17)4-2)11-13-7-5-6-8-14(12)13/h3-9H,1-2,10-11H2. The van der Waals surface area contributed by atoms with Gasteiger partial charge in [-0.3, -0.25) is 4.79 Å². The van der Waals surface area contributed by atoms with E-state index < -0.39 is 0 Å². The van der Waals surface area contributed by atoms with Crippen LogP contribution in [0.2, 0.25) is 0 Å². The Labute approximate surface area is 102 Å². The van der Waals surface area contributed by atoms with Crippen LogP contribution < -0.4 is 0 Å². The van der Waals surface area contributed by atoms with Crippen molar-refractivity contribution in [1.29, 1.82) is 0 Å². The molecule has 0 aliphatic carbocycles. The lowest BCUT2D eigenvalue weighted by Crippen LogP contribution is -2.28. The molecule has 0 radical (unpaired) electrons. The summed E-state index contributed by atoms with van der Waals surface area (Å²) in [6, 6.07) is 8.09. The van der Waals surface area contributed by atoms with E-state index in [0.717, 1.165) is 16.7 Å². The van der Waals surface area contributed by atoms with Crippen LogP contribution >= 0.6 is 0 Å². The molecule has 2 nitrogen and oxygen atoms in total. The summed E-state index contributed by atoms with van der Waals surface area (Å²) in [5, 5.41) is 0. The fourth-order valence-corrected chi connectivity index (χ4v) is 2.02. The zero-order valence-electron chi connectivity index (χ0n) is 9.73. The van der Waals surface area contributed by atoms with Crippen molar-refractivity contribution in [2.45, 2.75) is 6.54 Å². The highest BCUT2D eigenvalue weighted by atomic mass is 16.2. The summed E-state index contributed by atoms with van der Waals surface area (Å²) in [6.45, 7) is 8.57. The Morgan fingerprint density at radius 2 is 2.06 bits per heavy atom. The van der Waals surface area contributed by atoms with Gasteiger partial charge in [0.1, 0.15) is 0 Å². The molecule has 0 fully saturated rings. The lowest BCUT2D eigenvalue weighted by atomic mass is 10.0. The summed E-state index contributed by atoms with van der Waals surface area (Å²) in [6.07, 6.45) is 5.22. The molecule has 1 heterocycles. The van der Waals surface area contributed by atoms with Gasteiger partial charge in [0.05, 0.1) is 0 Å². The molecular formula is C15H15NO. The van der Waals surface area contributed by atoms with E-state index in [-0.39, 0.29) is 5.91 Å². The van der Waals surface area contributed by atoms with E-state index in [1.165, 1.54) is 6.08 Å². The Hall–Kier alpha value is -2.09. The van der Waals surface area contributed by atoms with Crippen molar-refractivity contribution in [2.24, 2.45) is 0 Å². The number of hydrogen-bond donors (Lipinski definition) is 0. The second kappa shape index (κ2) is 4.83. The highest BCUT2D eigenvalue weighted by Crippen LogP contribution is 2.24. The third-order valence-electron chi connectivity index (χ3n) is 2.93. The lowest BCUT2D eigenvalue weighted by Gasteiger charge is -2.18. The van der Waals surface area contributed by atoms with Crippen molar-refractivity contribution < 1.29 is 4.79 Å². The van der Waals surface area contributed by atoms with Crippen LogP contribution in [0, 0.1) is 0 Å². The van der Waals surface area contributed by atoms with Gasteiger partial charge in [0, 0.05) is 13.1 Å². The summed E-state index contributed by atoms with van der Waals surface area (Å²) in [5.74, 6) is -0.0404. The predicted octanol–water partition coefficient (Wildman–Crippen LogP) is 2.78. The van der Waals surface area contributed by atoms with Crippen LogP contribution in [0.25, 0.3) is 5.57 Å². The van der Waals surface area contributed by atoms with E-state index >= 15 is 0 Å². The van der Waals surface area contributed by atoms with Crippen molar-refractivity contribution in [3.05, 3.63) is 66.8 Å². The van der Waals surface area contributed by atoms with Gasteiger partial charge in [-0.05, 0) is 22.8 Å². The molecule has 0 saturated heterocycles. The number of fused-ring (bicyclic) bond motifs is 1. The Balaban J connectivity index is 2.44. The quantitative estimate of drug-likeness (QED) is 0.709. The number of rotatable bonds is 2. The molecule has 86 valence electrons. The van der Waals surface area contributed by atoms with Gasteiger partial charge in [0.15, 0.2) is 0 Å². The SMILES string of the molecule is C=CC(=O)N1CC=C(C=C)c2ccccc2C1. The van der Waals surface area contributed by atoms with Gasteiger partial charge in [0.2, 0.25) is 5.91 Å². The number of carbonyl (C=O) groups excluding carboxylic acids is 1. The van der Waals surface area contributed by atoms with E-state index in [9.17, 15) is 4.79 Å². The van der Waals surface area contributed by atoms with Crippen molar-refractivity contribution in [1.82, 2.24) is 4.90 Å². The number of allylic oxidation sites excluding steroid dienone is 2. The van der Waals surface area contributed by atoms with Crippen LogP contribution in [0.3, 0.4) is 0 Å². The summed E-state index contributed by atoms with van der Waals surface area (Å²) in [7, 11) is 0. The van der Waals surface area contributed by atoms with Crippen LogP contribution in [0.15, 0.2) is 55.7 Å². The minimum atomic E-state index is -0.0404. The van der Waals surface area contributed by atoms with Crippen molar-refractivity contribution in [2.75, 3.05) is 6.54 Å². The van der Waals surface area contributed by atoms with Gasteiger partial charge in [-0.2, -0.15) is 0 Å². The second-order valence-electron chi connectivity index (χ2n) is 3.94. The molecule has 2 heteroatoms. The largest absolute Gasteiger partial charge is 0.331 e. The zero-order chi connectivity index (χ0) is 12.3. The maximum Gasteiger partial charge on any atom is 0.246 e. The van der Waals surface area contributed by atoms with Crippen LogP contribution in [-0.2, 0) is 11.3 Å². The summed E-state index contributed by atoms with van der Waals surface area (Å²) < 4.78 is 0. The molecule has 0 aromatic heterocycles. The van der Waals surface area contributed by atoms with Crippen molar-refractivity contribution in [3.63, 3.8) is 0 Å². The first kappa shape index (κ1) is 11.4.